The number of nitrogens with zero attached hydrogens (tertiary/aromatic N) is 6. The third-order valence-electron chi connectivity index (χ3n) is 4.41. The molecule has 1 unspecified atom stereocenters. The van der Waals surface area contributed by atoms with Crippen LogP contribution in [0.3, 0.4) is 0 Å². The van der Waals surface area contributed by atoms with Crippen LogP contribution in [0.15, 0.2) is 55.2 Å². The maximum absolute atomic E-state index is 12.8. The van der Waals surface area contributed by atoms with Crippen molar-refractivity contribution in [2.75, 3.05) is 16.8 Å². The summed E-state index contributed by atoms with van der Waals surface area (Å²) in [5, 5.41) is 0. The highest BCUT2D eigenvalue weighted by molar-refractivity contribution is 6.06. The fourth-order valence-corrected chi connectivity index (χ4v) is 3.12. The lowest BCUT2D eigenvalue weighted by atomic mass is 10.1. The predicted molar refractivity (Wildman–Crippen MR) is 95.2 cm³/mol. The molecule has 0 radical (unpaired) electrons. The van der Waals surface area contributed by atoms with Crippen LogP contribution in [0.25, 0.3) is 5.95 Å². The van der Waals surface area contributed by atoms with Crippen molar-refractivity contribution >= 4 is 23.1 Å². The van der Waals surface area contributed by atoms with Gasteiger partial charge in [0.05, 0.1) is 6.20 Å². The molecular weight excluding hydrogens is 316 g/mol. The molecule has 0 spiro atoms. The van der Waals surface area contributed by atoms with Gasteiger partial charge in [0.2, 0.25) is 11.9 Å². The molecule has 2 aromatic heterocycles. The van der Waals surface area contributed by atoms with Crippen LogP contribution >= 0.6 is 0 Å². The molecule has 1 amide bonds. The SMILES string of the molecule is CCC1C(=O)N(C)c2cnc(-n3ccnc3)nc2N1c1ccccc1. The van der Waals surface area contributed by atoms with E-state index in [0.29, 0.717) is 18.1 Å². The molecule has 4 rings (SSSR count). The maximum Gasteiger partial charge on any atom is 0.250 e. The lowest BCUT2D eigenvalue weighted by molar-refractivity contribution is -0.119. The van der Waals surface area contributed by atoms with Crippen molar-refractivity contribution in [1.82, 2.24) is 19.5 Å². The lowest BCUT2D eigenvalue weighted by Gasteiger charge is -2.40. The summed E-state index contributed by atoms with van der Waals surface area (Å²) < 4.78 is 1.75. The van der Waals surface area contributed by atoms with E-state index in [1.54, 1.807) is 41.4 Å². The second-order valence-electron chi connectivity index (χ2n) is 5.88. The molecule has 25 heavy (non-hydrogen) atoms. The van der Waals surface area contributed by atoms with Gasteiger partial charge in [0.1, 0.15) is 18.1 Å². The standard InChI is InChI=1S/C18H18N6O/c1-3-14-17(25)22(2)15-11-20-18(23-10-9-19-12-23)21-16(15)24(14)13-7-5-4-6-8-13/h4-12,14H,3H2,1-2H3. The fraction of sp³-hybridized carbons (Fsp3) is 0.222. The van der Waals surface area contributed by atoms with Crippen LogP contribution < -0.4 is 9.80 Å². The van der Waals surface area contributed by atoms with E-state index < -0.39 is 0 Å². The van der Waals surface area contributed by atoms with Crippen LogP contribution in [0.1, 0.15) is 13.3 Å². The van der Waals surface area contributed by atoms with Gasteiger partial charge in [-0.05, 0) is 18.6 Å². The summed E-state index contributed by atoms with van der Waals surface area (Å²) in [5.74, 6) is 1.28. The molecular formula is C18H18N6O. The van der Waals surface area contributed by atoms with E-state index in [9.17, 15) is 4.79 Å². The summed E-state index contributed by atoms with van der Waals surface area (Å²) in [6, 6.07) is 9.56. The number of amides is 1. The Balaban J connectivity index is 1.92. The van der Waals surface area contributed by atoms with Crippen molar-refractivity contribution in [3.05, 3.63) is 55.2 Å². The van der Waals surface area contributed by atoms with E-state index >= 15 is 0 Å². The van der Waals surface area contributed by atoms with Gasteiger partial charge in [-0.2, -0.15) is 4.98 Å². The van der Waals surface area contributed by atoms with Crippen LogP contribution in [-0.4, -0.2) is 38.5 Å². The average molecular weight is 334 g/mol. The largest absolute Gasteiger partial charge is 0.312 e. The van der Waals surface area contributed by atoms with Gasteiger partial charge in [-0.25, -0.2) is 9.97 Å². The van der Waals surface area contributed by atoms with Crippen molar-refractivity contribution in [2.24, 2.45) is 0 Å². The Morgan fingerprint density at radius 2 is 2.00 bits per heavy atom. The minimum absolute atomic E-state index is 0.0397. The van der Waals surface area contributed by atoms with Gasteiger partial charge in [0.25, 0.3) is 0 Å². The molecule has 0 saturated heterocycles. The number of anilines is 3. The minimum Gasteiger partial charge on any atom is -0.312 e. The van der Waals surface area contributed by atoms with Gasteiger partial charge in [0, 0.05) is 25.1 Å². The molecule has 1 aliphatic heterocycles. The lowest BCUT2D eigenvalue weighted by Crippen LogP contribution is -2.50. The summed E-state index contributed by atoms with van der Waals surface area (Å²) in [6.07, 6.45) is 7.51. The van der Waals surface area contributed by atoms with Crippen LogP contribution in [0.4, 0.5) is 17.2 Å². The second-order valence-corrected chi connectivity index (χ2v) is 5.88. The van der Waals surface area contributed by atoms with Gasteiger partial charge in [-0.15, -0.1) is 0 Å². The maximum atomic E-state index is 12.8. The first-order chi connectivity index (χ1) is 12.2. The Hall–Kier alpha value is -3.22. The van der Waals surface area contributed by atoms with Gasteiger partial charge in [-0.1, -0.05) is 25.1 Å². The summed E-state index contributed by atoms with van der Waals surface area (Å²) in [7, 11) is 1.77. The van der Waals surface area contributed by atoms with Gasteiger partial charge in [0.15, 0.2) is 5.82 Å². The molecule has 0 aliphatic carbocycles. The highest BCUT2D eigenvalue weighted by atomic mass is 16.2. The number of rotatable bonds is 3. The van der Waals surface area contributed by atoms with E-state index in [1.165, 1.54) is 0 Å². The second kappa shape index (κ2) is 6.01. The third-order valence-corrected chi connectivity index (χ3v) is 4.41. The van der Waals surface area contributed by atoms with Gasteiger partial charge < -0.3 is 9.80 Å². The molecule has 1 aromatic carbocycles. The topological polar surface area (TPSA) is 67.2 Å². The number of hydrogen-bond donors (Lipinski definition) is 0. The monoisotopic (exact) mass is 334 g/mol. The number of hydrogen-bond acceptors (Lipinski definition) is 5. The van der Waals surface area contributed by atoms with E-state index in [0.717, 1.165) is 11.5 Å². The zero-order chi connectivity index (χ0) is 17.4. The number of aromatic nitrogens is 4. The molecule has 1 aliphatic rings. The van der Waals surface area contributed by atoms with Crippen molar-refractivity contribution in [3.8, 4) is 5.95 Å². The molecule has 126 valence electrons. The number of para-hydroxylation sites is 1. The number of carbonyl (C=O) groups excluding carboxylic acids is 1. The van der Waals surface area contributed by atoms with Crippen LogP contribution in [0.5, 0.6) is 0 Å². The van der Waals surface area contributed by atoms with Crippen LogP contribution in [0, 0.1) is 0 Å². The molecule has 3 heterocycles. The number of benzene rings is 1. The van der Waals surface area contributed by atoms with Crippen molar-refractivity contribution in [3.63, 3.8) is 0 Å². The first-order valence-corrected chi connectivity index (χ1v) is 8.18. The van der Waals surface area contributed by atoms with Gasteiger partial charge in [-0.3, -0.25) is 9.36 Å². The van der Waals surface area contributed by atoms with Crippen molar-refractivity contribution in [2.45, 2.75) is 19.4 Å². The predicted octanol–water partition coefficient (Wildman–Crippen LogP) is 2.56. The molecule has 1 atom stereocenters. The van der Waals surface area contributed by atoms with E-state index in [4.69, 9.17) is 4.98 Å². The number of imidazole rings is 1. The average Bonchev–Trinajstić information content (AvgIpc) is 3.19. The van der Waals surface area contributed by atoms with E-state index in [-0.39, 0.29) is 11.9 Å². The Morgan fingerprint density at radius 1 is 1.20 bits per heavy atom. The third kappa shape index (κ3) is 2.44. The van der Waals surface area contributed by atoms with E-state index in [2.05, 4.69) is 9.97 Å². The normalized spacial score (nSPS) is 16.9. The Labute approximate surface area is 145 Å². The number of carbonyl (C=O) groups is 1. The molecule has 3 aromatic rings. The van der Waals surface area contributed by atoms with Crippen LogP contribution in [-0.2, 0) is 4.79 Å². The number of fused-ring (bicyclic) bond motifs is 1. The Kier molecular flexibility index (Phi) is 3.68. The number of likely N-dealkylation sites (N-methyl/N-ethyl adjacent to an activating group) is 1. The first-order valence-electron chi connectivity index (χ1n) is 8.18. The minimum atomic E-state index is -0.301. The van der Waals surface area contributed by atoms with E-state index in [1.807, 2.05) is 42.2 Å². The summed E-state index contributed by atoms with van der Waals surface area (Å²) in [4.78, 5) is 29.7. The quantitative estimate of drug-likeness (QED) is 0.736. The zero-order valence-electron chi connectivity index (χ0n) is 14.1. The highest BCUT2D eigenvalue weighted by Crippen LogP contribution is 2.39. The van der Waals surface area contributed by atoms with Crippen molar-refractivity contribution in [1.29, 1.82) is 0 Å². The summed E-state index contributed by atoms with van der Waals surface area (Å²) in [5.41, 5.74) is 1.63. The molecule has 0 saturated carbocycles. The summed E-state index contributed by atoms with van der Waals surface area (Å²) in [6.45, 7) is 2.01. The molecule has 0 N–H and O–H groups in total. The Bertz CT molecular complexity index is 893. The fourth-order valence-electron chi connectivity index (χ4n) is 3.12. The highest BCUT2D eigenvalue weighted by Gasteiger charge is 2.37. The first kappa shape index (κ1) is 15.3. The Morgan fingerprint density at radius 3 is 2.68 bits per heavy atom. The molecule has 7 nitrogen and oxygen atoms in total. The molecule has 0 bridgehead atoms. The summed E-state index contributed by atoms with van der Waals surface area (Å²) >= 11 is 0. The van der Waals surface area contributed by atoms with Crippen molar-refractivity contribution < 1.29 is 4.79 Å². The van der Waals surface area contributed by atoms with Crippen LogP contribution in [0.2, 0.25) is 0 Å². The molecule has 0 fully saturated rings. The smallest absolute Gasteiger partial charge is 0.250 e. The molecule has 7 heteroatoms. The zero-order valence-corrected chi connectivity index (χ0v) is 14.1. The van der Waals surface area contributed by atoms with Gasteiger partial charge >= 0.3 is 0 Å².